The number of hydrogen-bond donors (Lipinski definition) is 1. The van der Waals surface area contributed by atoms with E-state index in [0.29, 0.717) is 25.7 Å². The van der Waals surface area contributed by atoms with E-state index in [2.05, 4.69) is 0 Å². The fourth-order valence-electron chi connectivity index (χ4n) is 2.35. The number of halogens is 1. The van der Waals surface area contributed by atoms with E-state index < -0.39 is 0 Å². The van der Waals surface area contributed by atoms with Gasteiger partial charge in [0.15, 0.2) is 0 Å². The van der Waals surface area contributed by atoms with Crippen LogP contribution in [0.2, 0.25) is 0 Å². The van der Waals surface area contributed by atoms with E-state index in [0.717, 1.165) is 5.56 Å². The zero-order chi connectivity index (χ0) is 11.6. The molecule has 86 valence electrons. The minimum atomic E-state index is -0.346. The molecule has 1 fully saturated rings. The Labute approximate surface area is 94.1 Å². The third kappa shape index (κ3) is 2.00. The van der Waals surface area contributed by atoms with Crippen LogP contribution in [0.15, 0.2) is 24.3 Å². The van der Waals surface area contributed by atoms with Crippen molar-refractivity contribution in [2.75, 3.05) is 6.61 Å². The monoisotopic (exact) mass is 222 g/mol. The summed E-state index contributed by atoms with van der Waals surface area (Å²) >= 11 is 0. The Balaban J connectivity index is 2.27. The Hall–Kier alpha value is -1.22. The molecule has 0 spiro atoms. The largest absolute Gasteiger partial charge is 0.395 e. The van der Waals surface area contributed by atoms with Crippen LogP contribution in [0, 0.1) is 5.82 Å². The van der Waals surface area contributed by atoms with Crippen molar-refractivity contribution in [3.8, 4) is 0 Å². The number of carbonyl (C=O) groups excluding carboxylic acids is 1. The van der Waals surface area contributed by atoms with Gasteiger partial charge in [0.25, 0.3) is 0 Å². The normalized spacial score (nSPS) is 19.8. The lowest BCUT2D eigenvalue weighted by molar-refractivity contribution is -0.121. The van der Waals surface area contributed by atoms with Crippen molar-refractivity contribution in [2.24, 2.45) is 0 Å². The van der Waals surface area contributed by atoms with Gasteiger partial charge in [-0.05, 0) is 30.5 Å². The van der Waals surface area contributed by atoms with Gasteiger partial charge in [-0.15, -0.1) is 0 Å². The van der Waals surface area contributed by atoms with Gasteiger partial charge in [-0.25, -0.2) is 4.39 Å². The Morgan fingerprint density at radius 2 is 1.75 bits per heavy atom. The summed E-state index contributed by atoms with van der Waals surface area (Å²) in [5, 5.41) is 9.55. The smallest absolute Gasteiger partial charge is 0.132 e. The van der Waals surface area contributed by atoms with Gasteiger partial charge in [-0.2, -0.15) is 0 Å². The number of hydrogen-bond acceptors (Lipinski definition) is 2. The Kier molecular flexibility index (Phi) is 3.06. The second-order valence-electron chi connectivity index (χ2n) is 4.48. The molecule has 0 radical (unpaired) electrons. The maximum atomic E-state index is 12.8. The molecule has 1 aliphatic rings. The molecular formula is C13H15FO2. The summed E-state index contributed by atoms with van der Waals surface area (Å²) in [7, 11) is 0. The van der Waals surface area contributed by atoms with Crippen molar-refractivity contribution in [1.82, 2.24) is 0 Å². The summed E-state index contributed by atoms with van der Waals surface area (Å²) in [6, 6.07) is 6.23. The summed E-state index contributed by atoms with van der Waals surface area (Å²) < 4.78 is 12.8. The highest BCUT2D eigenvalue weighted by molar-refractivity contribution is 5.79. The molecule has 0 bridgehead atoms. The Bertz CT molecular complexity index is 373. The van der Waals surface area contributed by atoms with E-state index in [4.69, 9.17) is 0 Å². The average Bonchev–Trinajstić information content (AvgIpc) is 2.32. The molecule has 1 aromatic rings. The van der Waals surface area contributed by atoms with E-state index in [-0.39, 0.29) is 23.6 Å². The summed E-state index contributed by atoms with van der Waals surface area (Å²) in [5.74, 6) is -0.0186. The number of aliphatic hydroxyl groups excluding tert-OH is 1. The predicted molar refractivity (Wildman–Crippen MR) is 58.6 cm³/mol. The van der Waals surface area contributed by atoms with E-state index in [1.165, 1.54) is 12.1 Å². The fourth-order valence-corrected chi connectivity index (χ4v) is 2.35. The summed E-state index contributed by atoms with van der Waals surface area (Å²) in [5.41, 5.74) is 0.589. The highest BCUT2D eigenvalue weighted by atomic mass is 19.1. The quantitative estimate of drug-likeness (QED) is 0.832. The lowest BCUT2D eigenvalue weighted by atomic mass is 9.70. The Morgan fingerprint density at radius 3 is 2.25 bits per heavy atom. The molecule has 0 heterocycles. The molecule has 1 N–H and O–H groups in total. The first-order valence-electron chi connectivity index (χ1n) is 5.55. The zero-order valence-electron chi connectivity index (χ0n) is 9.08. The predicted octanol–water partition coefficient (Wildman–Crippen LogP) is 2.20. The third-order valence-electron chi connectivity index (χ3n) is 3.52. The molecule has 3 heteroatoms. The van der Waals surface area contributed by atoms with Gasteiger partial charge >= 0.3 is 0 Å². The first-order chi connectivity index (χ1) is 7.66. The number of ketones is 1. The minimum absolute atomic E-state index is 0.0198. The van der Waals surface area contributed by atoms with Crippen LogP contribution in [0.25, 0.3) is 0 Å². The maximum Gasteiger partial charge on any atom is 0.132 e. The van der Waals surface area contributed by atoms with E-state index in [9.17, 15) is 14.3 Å². The zero-order valence-corrected chi connectivity index (χ0v) is 9.08. The van der Waals surface area contributed by atoms with Gasteiger partial charge in [0.05, 0.1) is 6.61 Å². The van der Waals surface area contributed by atoms with Gasteiger partial charge in [0, 0.05) is 18.3 Å². The molecule has 1 aromatic carbocycles. The summed E-state index contributed by atoms with van der Waals surface area (Å²) in [4.78, 5) is 11.2. The molecule has 0 unspecified atom stereocenters. The standard InChI is InChI=1S/C13H15FO2/c14-11-3-1-10(2-4-11)13(9-15)7-5-12(16)6-8-13/h1-4,15H,5-9H2. The van der Waals surface area contributed by atoms with E-state index in [1.54, 1.807) is 12.1 Å². The first-order valence-corrected chi connectivity index (χ1v) is 5.55. The maximum absolute atomic E-state index is 12.8. The number of carbonyl (C=O) groups is 1. The van der Waals surface area contributed by atoms with Crippen LogP contribution in [0.4, 0.5) is 4.39 Å². The van der Waals surface area contributed by atoms with Gasteiger partial charge in [0.1, 0.15) is 11.6 Å². The van der Waals surface area contributed by atoms with Crippen LogP contribution in [0.3, 0.4) is 0 Å². The highest BCUT2D eigenvalue weighted by Crippen LogP contribution is 2.37. The van der Waals surface area contributed by atoms with Crippen molar-refractivity contribution in [3.63, 3.8) is 0 Å². The van der Waals surface area contributed by atoms with Crippen LogP contribution < -0.4 is 0 Å². The molecule has 0 aromatic heterocycles. The Morgan fingerprint density at radius 1 is 1.19 bits per heavy atom. The average molecular weight is 222 g/mol. The number of benzene rings is 1. The third-order valence-corrected chi connectivity index (χ3v) is 3.52. The second kappa shape index (κ2) is 4.34. The highest BCUT2D eigenvalue weighted by Gasteiger charge is 2.35. The number of aliphatic hydroxyl groups is 1. The summed E-state index contributed by atoms with van der Waals surface area (Å²) in [6.07, 6.45) is 2.35. The van der Waals surface area contributed by atoms with Crippen molar-refractivity contribution < 1.29 is 14.3 Å². The van der Waals surface area contributed by atoms with E-state index >= 15 is 0 Å². The van der Waals surface area contributed by atoms with Gasteiger partial charge in [-0.1, -0.05) is 12.1 Å². The van der Waals surface area contributed by atoms with Gasteiger partial charge < -0.3 is 5.11 Å². The van der Waals surface area contributed by atoms with Crippen molar-refractivity contribution in [3.05, 3.63) is 35.6 Å². The SMILES string of the molecule is O=C1CCC(CO)(c2ccc(F)cc2)CC1. The summed E-state index contributed by atoms with van der Waals surface area (Å²) in [6.45, 7) is 0.0198. The van der Waals surface area contributed by atoms with Crippen molar-refractivity contribution in [1.29, 1.82) is 0 Å². The lowest BCUT2D eigenvalue weighted by Crippen LogP contribution is -2.35. The number of rotatable bonds is 2. The van der Waals surface area contributed by atoms with Crippen LogP contribution >= 0.6 is 0 Å². The minimum Gasteiger partial charge on any atom is -0.395 e. The molecule has 0 amide bonds. The van der Waals surface area contributed by atoms with Crippen LogP contribution in [-0.4, -0.2) is 17.5 Å². The van der Waals surface area contributed by atoms with E-state index in [1.807, 2.05) is 0 Å². The lowest BCUT2D eigenvalue weighted by Gasteiger charge is -2.35. The molecule has 2 nitrogen and oxygen atoms in total. The van der Waals surface area contributed by atoms with Crippen molar-refractivity contribution >= 4 is 5.78 Å². The molecule has 2 rings (SSSR count). The topological polar surface area (TPSA) is 37.3 Å². The first kappa shape index (κ1) is 11.3. The molecule has 1 saturated carbocycles. The molecule has 0 atom stereocenters. The second-order valence-corrected chi connectivity index (χ2v) is 4.48. The van der Waals surface area contributed by atoms with Gasteiger partial charge in [-0.3, -0.25) is 4.79 Å². The molecule has 16 heavy (non-hydrogen) atoms. The van der Waals surface area contributed by atoms with Crippen molar-refractivity contribution in [2.45, 2.75) is 31.1 Å². The molecule has 0 aliphatic heterocycles. The molecule has 1 aliphatic carbocycles. The molecule has 0 saturated heterocycles. The number of Topliss-reactive ketones (excluding diaryl/α,β-unsaturated/α-hetero) is 1. The van der Waals surface area contributed by atoms with Gasteiger partial charge in [0.2, 0.25) is 0 Å². The van der Waals surface area contributed by atoms with Crippen LogP contribution in [-0.2, 0) is 10.2 Å². The fraction of sp³-hybridized carbons (Fsp3) is 0.462. The van der Waals surface area contributed by atoms with Crippen LogP contribution in [0.5, 0.6) is 0 Å². The van der Waals surface area contributed by atoms with Crippen LogP contribution in [0.1, 0.15) is 31.2 Å². The molecular weight excluding hydrogens is 207 g/mol.